The molecule has 17 heavy (non-hydrogen) atoms. The second-order valence-electron chi connectivity index (χ2n) is 3.15. The molecule has 0 fully saturated rings. The molecule has 0 aromatic carbocycles. The average Bonchev–Trinajstić information content (AvgIpc) is 2.27. The fourth-order valence-electron chi connectivity index (χ4n) is 1.11. The van der Waals surface area contributed by atoms with E-state index in [4.69, 9.17) is 0 Å². The Hall–Kier alpha value is -1.28. The zero-order chi connectivity index (χ0) is 12.9. The number of aromatic nitrogens is 1. The summed E-state index contributed by atoms with van der Waals surface area (Å²) in [4.78, 5) is 3.79. The summed E-state index contributed by atoms with van der Waals surface area (Å²) < 4.78 is 48.9. The van der Waals surface area contributed by atoms with Crippen LogP contribution >= 0.6 is 0 Å². The van der Waals surface area contributed by atoms with E-state index in [1.807, 2.05) is 11.6 Å². The van der Waals surface area contributed by atoms with E-state index in [9.17, 15) is 17.2 Å². The second kappa shape index (κ2) is 5.87. The Bertz CT molecular complexity index is 465. The van der Waals surface area contributed by atoms with E-state index in [1.54, 1.807) is 0 Å². The van der Waals surface area contributed by atoms with Gasteiger partial charge in [0.1, 0.15) is 5.82 Å². The van der Waals surface area contributed by atoms with Crippen molar-refractivity contribution in [1.82, 2.24) is 9.71 Å². The zero-order valence-corrected chi connectivity index (χ0v) is 9.97. The van der Waals surface area contributed by atoms with Crippen molar-refractivity contribution in [2.24, 2.45) is 0 Å². The second-order valence-corrected chi connectivity index (χ2v) is 4.92. The number of hydrogen-bond acceptors (Lipinski definition) is 4. The molecule has 0 bridgehead atoms. The molecule has 5 nitrogen and oxygen atoms in total. The lowest BCUT2D eigenvalue weighted by molar-refractivity contribution is 0.153. The lowest BCUT2D eigenvalue weighted by Crippen LogP contribution is -2.28. The van der Waals surface area contributed by atoms with Gasteiger partial charge in [-0.3, -0.25) is 0 Å². The Morgan fingerprint density at radius 1 is 1.47 bits per heavy atom. The minimum atomic E-state index is -3.91. The molecule has 8 heteroatoms. The van der Waals surface area contributed by atoms with Crippen molar-refractivity contribution in [3.63, 3.8) is 0 Å². The number of sulfonamides is 1. The molecule has 1 rings (SSSR count). The first-order valence-corrected chi connectivity index (χ1v) is 6.41. The summed E-state index contributed by atoms with van der Waals surface area (Å²) in [6.45, 7) is 1.51. The smallest absolute Gasteiger partial charge is 0.251 e. The Labute approximate surface area is 98.3 Å². The molecule has 0 aliphatic carbocycles. The first-order chi connectivity index (χ1) is 7.95. The van der Waals surface area contributed by atoms with Crippen LogP contribution < -0.4 is 10.0 Å². The summed E-state index contributed by atoms with van der Waals surface area (Å²) >= 11 is 0. The van der Waals surface area contributed by atoms with Crippen molar-refractivity contribution in [3.8, 4) is 0 Å². The summed E-state index contributed by atoms with van der Waals surface area (Å²) in [5.41, 5.74) is 0. The predicted molar refractivity (Wildman–Crippen MR) is 59.6 cm³/mol. The maximum Gasteiger partial charge on any atom is 0.251 e. The number of hydrogen-bond donors (Lipinski definition) is 2. The van der Waals surface area contributed by atoms with E-state index in [0.29, 0.717) is 12.4 Å². The van der Waals surface area contributed by atoms with Gasteiger partial charge in [-0.05, 0) is 13.0 Å². The van der Waals surface area contributed by atoms with Gasteiger partial charge in [0.25, 0.3) is 6.43 Å². The zero-order valence-electron chi connectivity index (χ0n) is 9.15. The number of anilines is 1. The Morgan fingerprint density at radius 3 is 2.76 bits per heavy atom. The third-order valence-electron chi connectivity index (χ3n) is 1.83. The normalized spacial score (nSPS) is 11.8. The van der Waals surface area contributed by atoms with Crippen molar-refractivity contribution in [1.29, 1.82) is 0 Å². The molecule has 1 aromatic heterocycles. The lowest BCUT2D eigenvalue weighted by Gasteiger charge is -2.07. The molecule has 1 aromatic rings. The van der Waals surface area contributed by atoms with Crippen LogP contribution in [0.25, 0.3) is 0 Å². The van der Waals surface area contributed by atoms with E-state index < -0.39 is 23.0 Å². The SMILES string of the molecule is CCNc1cc(S(=O)(=O)NCC(F)F)ccn1. The topological polar surface area (TPSA) is 71.1 Å². The van der Waals surface area contributed by atoms with Crippen LogP contribution in [0.15, 0.2) is 23.2 Å². The molecule has 0 aliphatic rings. The van der Waals surface area contributed by atoms with Crippen molar-refractivity contribution in [3.05, 3.63) is 18.3 Å². The third kappa shape index (κ3) is 4.23. The summed E-state index contributed by atoms with van der Waals surface area (Å²) in [5.74, 6) is 0.382. The molecule has 0 unspecified atom stereocenters. The summed E-state index contributed by atoms with van der Waals surface area (Å²) in [6, 6.07) is 2.53. The van der Waals surface area contributed by atoms with Crippen LogP contribution in [0.1, 0.15) is 6.92 Å². The minimum Gasteiger partial charge on any atom is -0.370 e. The van der Waals surface area contributed by atoms with E-state index in [-0.39, 0.29) is 4.90 Å². The van der Waals surface area contributed by atoms with Gasteiger partial charge >= 0.3 is 0 Å². The van der Waals surface area contributed by atoms with E-state index in [0.717, 1.165) is 0 Å². The molecule has 0 saturated heterocycles. The van der Waals surface area contributed by atoms with Crippen LogP contribution in [0.3, 0.4) is 0 Å². The number of pyridine rings is 1. The molecule has 0 atom stereocenters. The van der Waals surface area contributed by atoms with Crippen molar-refractivity contribution in [2.75, 3.05) is 18.4 Å². The van der Waals surface area contributed by atoms with Crippen LogP contribution in [0.5, 0.6) is 0 Å². The highest BCUT2D eigenvalue weighted by Crippen LogP contribution is 2.12. The van der Waals surface area contributed by atoms with E-state index in [1.165, 1.54) is 18.3 Å². The van der Waals surface area contributed by atoms with Crippen molar-refractivity contribution < 1.29 is 17.2 Å². The van der Waals surface area contributed by atoms with Gasteiger partial charge in [0.2, 0.25) is 10.0 Å². The van der Waals surface area contributed by atoms with Gasteiger partial charge in [-0.1, -0.05) is 0 Å². The van der Waals surface area contributed by atoms with Gasteiger partial charge in [-0.15, -0.1) is 0 Å². The Morgan fingerprint density at radius 2 is 2.18 bits per heavy atom. The molecular formula is C9H13F2N3O2S. The van der Waals surface area contributed by atoms with Gasteiger partial charge in [0.05, 0.1) is 11.4 Å². The van der Waals surface area contributed by atoms with Crippen molar-refractivity contribution >= 4 is 15.8 Å². The minimum absolute atomic E-state index is 0.0934. The highest BCUT2D eigenvalue weighted by atomic mass is 32.2. The monoisotopic (exact) mass is 265 g/mol. The molecule has 0 aliphatic heterocycles. The van der Waals surface area contributed by atoms with Gasteiger partial charge in [0, 0.05) is 18.8 Å². The van der Waals surface area contributed by atoms with E-state index >= 15 is 0 Å². The summed E-state index contributed by atoms with van der Waals surface area (Å²) in [7, 11) is -3.91. The molecule has 1 heterocycles. The maximum atomic E-state index is 11.9. The van der Waals surface area contributed by atoms with Gasteiger partial charge < -0.3 is 5.32 Å². The predicted octanol–water partition coefficient (Wildman–Crippen LogP) is 1.06. The maximum absolute atomic E-state index is 11.9. The number of rotatable bonds is 6. The molecule has 0 spiro atoms. The van der Waals surface area contributed by atoms with Crippen LogP contribution in [0, 0.1) is 0 Å². The number of nitrogens with one attached hydrogen (secondary N) is 2. The highest BCUT2D eigenvalue weighted by Gasteiger charge is 2.16. The largest absolute Gasteiger partial charge is 0.370 e. The van der Waals surface area contributed by atoms with Gasteiger partial charge in [0.15, 0.2) is 0 Å². The quantitative estimate of drug-likeness (QED) is 0.806. The van der Waals surface area contributed by atoms with Crippen LogP contribution in [0.2, 0.25) is 0 Å². The van der Waals surface area contributed by atoms with Crippen LogP contribution in [0.4, 0.5) is 14.6 Å². The first-order valence-electron chi connectivity index (χ1n) is 4.93. The molecule has 0 saturated carbocycles. The Kier molecular flexibility index (Phi) is 4.76. The van der Waals surface area contributed by atoms with E-state index in [2.05, 4.69) is 10.3 Å². The molecule has 0 radical (unpaired) electrons. The fraction of sp³-hybridized carbons (Fsp3) is 0.444. The molecular weight excluding hydrogens is 252 g/mol. The number of halogens is 2. The van der Waals surface area contributed by atoms with Gasteiger partial charge in [-0.25, -0.2) is 26.9 Å². The van der Waals surface area contributed by atoms with Gasteiger partial charge in [-0.2, -0.15) is 0 Å². The van der Waals surface area contributed by atoms with Crippen LogP contribution in [-0.2, 0) is 10.0 Å². The third-order valence-corrected chi connectivity index (χ3v) is 3.25. The molecule has 96 valence electrons. The van der Waals surface area contributed by atoms with Crippen LogP contribution in [-0.4, -0.2) is 32.9 Å². The first kappa shape index (κ1) is 13.8. The molecule has 0 amide bonds. The molecule has 2 N–H and O–H groups in total. The summed E-state index contributed by atoms with van der Waals surface area (Å²) in [6.07, 6.45) is -1.42. The number of nitrogens with zero attached hydrogens (tertiary/aromatic N) is 1. The fourth-order valence-corrected chi connectivity index (χ4v) is 2.13. The summed E-state index contributed by atoms with van der Waals surface area (Å²) in [5, 5.41) is 2.83. The highest BCUT2D eigenvalue weighted by molar-refractivity contribution is 7.89. The average molecular weight is 265 g/mol. The standard InChI is InChI=1S/C9H13F2N3O2S/c1-2-12-9-5-7(3-4-13-9)17(15,16)14-6-8(10)11/h3-5,8,14H,2,6H2,1H3,(H,12,13). The Balaban J connectivity index is 2.87. The van der Waals surface area contributed by atoms with Crippen molar-refractivity contribution in [2.45, 2.75) is 18.2 Å². The number of alkyl halides is 2. The lowest BCUT2D eigenvalue weighted by atomic mass is 10.4.